The Morgan fingerprint density at radius 3 is 2.29 bits per heavy atom. The molecule has 0 bridgehead atoms. The minimum atomic E-state index is -0.470. The number of piperidine rings is 1. The molecule has 2 atom stereocenters. The average molecular weight is 470 g/mol. The predicted molar refractivity (Wildman–Crippen MR) is 136 cm³/mol. The molecule has 3 aliphatic rings. The average Bonchev–Trinajstić information content (AvgIpc) is 3.42. The SMILES string of the molecule is C[C@H]1CCCN1[C@H]1CCN(c2ccc(CC(=O)CC3CCN(C(=O)OC(C)(C)C)CC3)cc2)C1. The van der Waals surface area contributed by atoms with E-state index in [4.69, 9.17) is 4.74 Å². The van der Waals surface area contributed by atoms with E-state index in [2.05, 4.69) is 41.0 Å². The Bertz CT molecular complexity index is 839. The number of nitrogens with zero attached hydrogens (tertiary/aromatic N) is 3. The first-order valence-corrected chi connectivity index (χ1v) is 13.3. The van der Waals surface area contributed by atoms with Gasteiger partial charge in [0.25, 0.3) is 0 Å². The largest absolute Gasteiger partial charge is 0.444 e. The number of hydrogen-bond donors (Lipinski definition) is 0. The van der Waals surface area contributed by atoms with Crippen molar-refractivity contribution in [1.82, 2.24) is 9.80 Å². The van der Waals surface area contributed by atoms with Crippen LogP contribution in [0.25, 0.3) is 0 Å². The standard InChI is InChI=1S/C28H43N3O3/c1-21-6-5-14-31(21)25-13-17-30(20-25)24-9-7-22(8-10-24)18-26(32)19-23-11-15-29(16-12-23)27(33)34-28(2,3)4/h7-10,21,23,25H,5-6,11-20H2,1-4H3/t21-,25-/m0/s1. The van der Waals surface area contributed by atoms with Crippen LogP contribution in [0.15, 0.2) is 24.3 Å². The number of carbonyl (C=O) groups excluding carboxylic acids is 2. The molecule has 188 valence electrons. The van der Waals surface area contributed by atoms with Crippen molar-refractivity contribution in [3.05, 3.63) is 29.8 Å². The lowest BCUT2D eigenvalue weighted by atomic mass is 9.90. The van der Waals surface area contributed by atoms with E-state index >= 15 is 0 Å². The van der Waals surface area contributed by atoms with Crippen LogP contribution in [0.2, 0.25) is 0 Å². The van der Waals surface area contributed by atoms with Crippen LogP contribution >= 0.6 is 0 Å². The van der Waals surface area contributed by atoms with Gasteiger partial charge in [-0.2, -0.15) is 0 Å². The number of Topliss-reactive ketones (excluding diaryl/α,β-unsaturated/α-hetero) is 1. The van der Waals surface area contributed by atoms with Crippen LogP contribution < -0.4 is 4.90 Å². The lowest BCUT2D eigenvalue weighted by molar-refractivity contribution is -0.119. The van der Waals surface area contributed by atoms with Crippen molar-refractivity contribution in [1.29, 1.82) is 0 Å². The summed E-state index contributed by atoms with van der Waals surface area (Å²) in [4.78, 5) is 31.9. The monoisotopic (exact) mass is 469 g/mol. The van der Waals surface area contributed by atoms with Crippen LogP contribution in [0.1, 0.15) is 71.8 Å². The number of anilines is 1. The van der Waals surface area contributed by atoms with E-state index < -0.39 is 5.60 Å². The van der Waals surface area contributed by atoms with Crippen LogP contribution in [0.5, 0.6) is 0 Å². The van der Waals surface area contributed by atoms with Crippen molar-refractivity contribution in [2.45, 2.75) is 90.3 Å². The fraction of sp³-hybridized carbons (Fsp3) is 0.714. The van der Waals surface area contributed by atoms with Gasteiger partial charge in [0.1, 0.15) is 11.4 Å². The highest BCUT2D eigenvalue weighted by Gasteiger charge is 2.33. The van der Waals surface area contributed by atoms with Gasteiger partial charge in [-0.05, 0) is 90.0 Å². The van der Waals surface area contributed by atoms with E-state index in [0.29, 0.717) is 43.7 Å². The Labute approximate surface area is 205 Å². The predicted octanol–water partition coefficient (Wildman–Crippen LogP) is 4.90. The summed E-state index contributed by atoms with van der Waals surface area (Å²) in [7, 11) is 0. The van der Waals surface area contributed by atoms with E-state index in [0.717, 1.165) is 37.5 Å². The van der Waals surface area contributed by atoms with Crippen LogP contribution in [0, 0.1) is 5.92 Å². The lowest BCUT2D eigenvalue weighted by Crippen LogP contribution is -2.42. The molecule has 3 aliphatic heterocycles. The molecular weight excluding hydrogens is 426 g/mol. The molecule has 34 heavy (non-hydrogen) atoms. The first kappa shape index (κ1) is 25.0. The number of likely N-dealkylation sites (tertiary alicyclic amines) is 2. The molecule has 0 aromatic heterocycles. The number of benzene rings is 1. The van der Waals surface area contributed by atoms with E-state index in [-0.39, 0.29) is 6.09 Å². The molecule has 3 saturated heterocycles. The molecule has 0 spiro atoms. The third-order valence-corrected chi connectivity index (χ3v) is 7.72. The molecule has 0 radical (unpaired) electrons. The molecule has 1 aromatic rings. The number of carbonyl (C=O) groups is 2. The Balaban J connectivity index is 1.20. The van der Waals surface area contributed by atoms with Crippen LogP contribution in [0.4, 0.5) is 10.5 Å². The van der Waals surface area contributed by atoms with Crippen molar-refractivity contribution < 1.29 is 14.3 Å². The Hall–Kier alpha value is -2.08. The first-order chi connectivity index (χ1) is 16.2. The highest BCUT2D eigenvalue weighted by atomic mass is 16.6. The van der Waals surface area contributed by atoms with E-state index in [1.165, 1.54) is 31.5 Å². The number of amides is 1. The Kier molecular flexibility index (Phi) is 7.86. The number of ether oxygens (including phenoxy) is 1. The van der Waals surface area contributed by atoms with Gasteiger partial charge >= 0.3 is 6.09 Å². The lowest BCUT2D eigenvalue weighted by Gasteiger charge is -2.33. The van der Waals surface area contributed by atoms with Gasteiger partial charge in [0.2, 0.25) is 0 Å². The van der Waals surface area contributed by atoms with Gasteiger partial charge < -0.3 is 14.5 Å². The smallest absolute Gasteiger partial charge is 0.410 e. The van der Waals surface area contributed by atoms with Crippen molar-refractivity contribution in [3.63, 3.8) is 0 Å². The summed E-state index contributed by atoms with van der Waals surface area (Å²) in [6.45, 7) is 12.9. The van der Waals surface area contributed by atoms with Crippen LogP contribution in [-0.4, -0.2) is 72.1 Å². The fourth-order valence-electron chi connectivity index (χ4n) is 5.84. The molecule has 0 saturated carbocycles. The molecule has 3 fully saturated rings. The molecule has 0 unspecified atom stereocenters. The van der Waals surface area contributed by atoms with Crippen molar-refractivity contribution in [2.75, 3.05) is 37.6 Å². The topological polar surface area (TPSA) is 53.1 Å². The summed E-state index contributed by atoms with van der Waals surface area (Å²) < 4.78 is 5.47. The molecule has 6 heteroatoms. The van der Waals surface area contributed by atoms with Gasteiger partial charge in [-0.15, -0.1) is 0 Å². The molecule has 4 rings (SSSR count). The summed E-state index contributed by atoms with van der Waals surface area (Å²) in [5.74, 6) is 0.660. The van der Waals surface area contributed by atoms with Gasteiger partial charge in [-0.3, -0.25) is 9.69 Å². The highest BCUT2D eigenvalue weighted by molar-refractivity contribution is 5.81. The maximum atomic E-state index is 12.7. The van der Waals surface area contributed by atoms with E-state index in [1.807, 2.05) is 20.8 Å². The summed E-state index contributed by atoms with van der Waals surface area (Å²) in [6.07, 6.45) is 6.52. The van der Waals surface area contributed by atoms with E-state index in [1.54, 1.807) is 4.90 Å². The molecule has 3 heterocycles. The van der Waals surface area contributed by atoms with Crippen molar-refractivity contribution in [3.8, 4) is 0 Å². The summed E-state index contributed by atoms with van der Waals surface area (Å²) in [5.41, 5.74) is 1.91. The molecule has 0 N–H and O–H groups in total. The highest BCUT2D eigenvalue weighted by Crippen LogP contribution is 2.29. The van der Waals surface area contributed by atoms with Crippen LogP contribution in [-0.2, 0) is 16.0 Å². The molecular formula is C28H43N3O3. The zero-order valence-corrected chi connectivity index (χ0v) is 21.6. The summed E-state index contributed by atoms with van der Waals surface area (Å²) in [6, 6.07) is 10.0. The van der Waals surface area contributed by atoms with Gasteiger partial charge in [0, 0.05) is 56.8 Å². The van der Waals surface area contributed by atoms with Gasteiger partial charge in [0.15, 0.2) is 0 Å². The molecule has 1 amide bonds. The second-order valence-corrected chi connectivity index (χ2v) is 11.6. The van der Waals surface area contributed by atoms with Crippen LogP contribution in [0.3, 0.4) is 0 Å². The van der Waals surface area contributed by atoms with E-state index in [9.17, 15) is 9.59 Å². The number of ketones is 1. The third kappa shape index (κ3) is 6.53. The maximum Gasteiger partial charge on any atom is 0.410 e. The Morgan fingerprint density at radius 2 is 1.68 bits per heavy atom. The zero-order chi connectivity index (χ0) is 24.3. The number of hydrogen-bond acceptors (Lipinski definition) is 5. The van der Waals surface area contributed by atoms with Gasteiger partial charge in [0.05, 0.1) is 0 Å². The van der Waals surface area contributed by atoms with Crippen molar-refractivity contribution >= 4 is 17.6 Å². The third-order valence-electron chi connectivity index (χ3n) is 7.72. The summed E-state index contributed by atoms with van der Waals surface area (Å²) in [5, 5.41) is 0. The maximum absolute atomic E-state index is 12.7. The van der Waals surface area contributed by atoms with Gasteiger partial charge in [-0.1, -0.05) is 12.1 Å². The first-order valence-electron chi connectivity index (χ1n) is 13.3. The fourth-order valence-corrected chi connectivity index (χ4v) is 5.84. The quantitative estimate of drug-likeness (QED) is 0.593. The normalized spacial score (nSPS) is 24.6. The minimum Gasteiger partial charge on any atom is -0.444 e. The molecule has 1 aromatic carbocycles. The molecule has 6 nitrogen and oxygen atoms in total. The Morgan fingerprint density at radius 1 is 0.971 bits per heavy atom. The number of rotatable bonds is 6. The summed E-state index contributed by atoms with van der Waals surface area (Å²) >= 11 is 0. The minimum absolute atomic E-state index is 0.239. The second kappa shape index (κ2) is 10.7. The van der Waals surface area contributed by atoms with Gasteiger partial charge in [-0.25, -0.2) is 4.79 Å². The second-order valence-electron chi connectivity index (χ2n) is 11.6. The molecule has 0 aliphatic carbocycles. The van der Waals surface area contributed by atoms with Crippen molar-refractivity contribution in [2.24, 2.45) is 5.92 Å². The zero-order valence-electron chi connectivity index (χ0n) is 21.6.